The molecule has 94 valence electrons. The fourth-order valence-electron chi connectivity index (χ4n) is 2.63. The molecular formula is C11H17N3O2S. The average Bonchev–Trinajstić information content (AvgIpc) is 2.80. The summed E-state index contributed by atoms with van der Waals surface area (Å²) in [6.07, 6.45) is 5.52. The van der Waals surface area contributed by atoms with Crippen LogP contribution < -0.4 is 5.73 Å². The maximum atomic E-state index is 11.4. The topological polar surface area (TPSA) is 88.8 Å². The molecule has 0 spiro atoms. The summed E-state index contributed by atoms with van der Waals surface area (Å²) in [7, 11) is -2.84. The maximum absolute atomic E-state index is 11.4. The molecule has 0 aromatic carbocycles. The van der Waals surface area contributed by atoms with Crippen molar-refractivity contribution < 1.29 is 8.42 Å². The number of H-pyrrole nitrogens is 1. The van der Waals surface area contributed by atoms with E-state index in [-0.39, 0.29) is 17.2 Å². The number of imidazole rings is 1. The normalized spacial score (nSPS) is 30.1. The first kappa shape index (κ1) is 11.2. The minimum atomic E-state index is -2.84. The Balaban J connectivity index is 1.81. The highest BCUT2D eigenvalue weighted by atomic mass is 32.2. The molecule has 3 N–H and O–H groups in total. The summed E-state index contributed by atoms with van der Waals surface area (Å²) in [4.78, 5) is 7.56. The predicted molar refractivity (Wildman–Crippen MR) is 64.3 cm³/mol. The standard InChI is InChI=1S/C11H17N3O2S/c12-11(3-1-4-11)10-13-6-9(14-10)8-2-5-17(15,16)7-8/h6,8H,1-5,7,12H2,(H,13,14). The summed E-state index contributed by atoms with van der Waals surface area (Å²) in [6, 6.07) is 0. The number of aromatic nitrogens is 2. The summed E-state index contributed by atoms with van der Waals surface area (Å²) in [6.45, 7) is 0. The second-order valence-corrected chi connectivity index (χ2v) is 7.53. The van der Waals surface area contributed by atoms with Crippen molar-refractivity contribution in [3.8, 4) is 0 Å². The third-order valence-corrected chi connectivity index (χ3v) is 5.75. The second kappa shape index (κ2) is 3.55. The Bertz CT molecular complexity index is 531. The molecule has 1 aromatic rings. The van der Waals surface area contributed by atoms with E-state index < -0.39 is 9.84 Å². The van der Waals surface area contributed by atoms with E-state index in [0.717, 1.165) is 30.8 Å². The summed E-state index contributed by atoms with van der Waals surface area (Å²) < 4.78 is 22.9. The highest BCUT2D eigenvalue weighted by Crippen LogP contribution is 2.38. The third kappa shape index (κ3) is 1.89. The summed E-state index contributed by atoms with van der Waals surface area (Å²) in [5.41, 5.74) is 6.81. The van der Waals surface area contributed by atoms with E-state index in [4.69, 9.17) is 5.73 Å². The molecule has 1 aliphatic carbocycles. The van der Waals surface area contributed by atoms with Crippen LogP contribution in [0.3, 0.4) is 0 Å². The predicted octanol–water partition coefficient (Wildman–Crippen LogP) is 0.650. The van der Waals surface area contributed by atoms with Gasteiger partial charge in [-0.25, -0.2) is 13.4 Å². The Kier molecular flexibility index (Phi) is 2.35. The third-order valence-electron chi connectivity index (χ3n) is 3.99. The van der Waals surface area contributed by atoms with Crippen molar-refractivity contribution >= 4 is 9.84 Å². The molecule has 2 heterocycles. The molecular weight excluding hydrogens is 238 g/mol. The number of nitrogens with two attached hydrogens (primary N) is 1. The molecule has 17 heavy (non-hydrogen) atoms. The van der Waals surface area contributed by atoms with Gasteiger partial charge in [-0.2, -0.15) is 0 Å². The van der Waals surface area contributed by atoms with Gasteiger partial charge in [0, 0.05) is 17.8 Å². The molecule has 3 rings (SSSR count). The van der Waals surface area contributed by atoms with E-state index in [0.29, 0.717) is 12.2 Å². The van der Waals surface area contributed by atoms with E-state index in [1.165, 1.54) is 0 Å². The molecule has 1 unspecified atom stereocenters. The van der Waals surface area contributed by atoms with Crippen molar-refractivity contribution in [2.24, 2.45) is 5.73 Å². The van der Waals surface area contributed by atoms with Crippen LogP contribution in [-0.2, 0) is 15.4 Å². The van der Waals surface area contributed by atoms with Crippen LogP contribution in [0.2, 0.25) is 0 Å². The van der Waals surface area contributed by atoms with E-state index in [9.17, 15) is 8.42 Å². The fourth-order valence-corrected chi connectivity index (χ4v) is 4.40. The zero-order valence-corrected chi connectivity index (χ0v) is 10.5. The summed E-state index contributed by atoms with van der Waals surface area (Å²) in [5, 5.41) is 0. The first-order chi connectivity index (χ1) is 7.99. The van der Waals surface area contributed by atoms with Gasteiger partial charge in [-0.1, -0.05) is 0 Å². The van der Waals surface area contributed by atoms with E-state index in [1.807, 2.05) is 0 Å². The Morgan fingerprint density at radius 2 is 2.24 bits per heavy atom. The zero-order valence-electron chi connectivity index (χ0n) is 9.65. The van der Waals surface area contributed by atoms with E-state index in [2.05, 4.69) is 9.97 Å². The molecule has 0 bridgehead atoms. The van der Waals surface area contributed by atoms with Crippen molar-refractivity contribution in [1.29, 1.82) is 0 Å². The molecule has 1 aliphatic heterocycles. The number of rotatable bonds is 2. The molecule has 1 saturated carbocycles. The molecule has 1 saturated heterocycles. The van der Waals surface area contributed by atoms with Gasteiger partial charge in [0.2, 0.25) is 0 Å². The molecule has 6 heteroatoms. The fraction of sp³-hybridized carbons (Fsp3) is 0.727. The molecule has 0 radical (unpaired) electrons. The zero-order chi connectivity index (χ0) is 12.1. The van der Waals surface area contributed by atoms with Crippen LogP contribution in [0.15, 0.2) is 6.20 Å². The first-order valence-corrected chi connectivity index (χ1v) is 7.85. The van der Waals surface area contributed by atoms with Gasteiger partial charge >= 0.3 is 0 Å². The monoisotopic (exact) mass is 255 g/mol. The highest BCUT2D eigenvalue weighted by Gasteiger charge is 2.38. The van der Waals surface area contributed by atoms with Crippen LogP contribution >= 0.6 is 0 Å². The highest BCUT2D eigenvalue weighted by molar-refractivity contribution is 7.91. The molecule has 2 fully saturated rings. The number of hydrogen-bond acceptors (Lipinski definition) is 4. The number of aromatic amines is 1. The van der Waals surface area contributed by atoms with Crippen molar-refractivity contribution in [3.63, 3.8) is 0 Å². The molecule has 0 amide bonds. The molecule has 1 aromatic heterocycles. The summed E-state index contributed by atoms with van der Waals surface area (Å²) in [5.74, 6) is 1.43. The van der Waals surface area contributed by atoms with Crippen LogP contribution in [0.25, 0.3) is 0 Å². The van der Waals surface area contributed by atoms with Crippen molar-refractivity contribution in [3.05, 3.63) is 17.7 Å². The van der Waals surface area contributed by atoms with Crippen LogP contribution in [0.5, 0.6) is 0 Å². The van der Waals surface area contributed by atoms with E-state index in [1.54, 1.807) is 6.20 Å². The number of sulfone groups is 1. The second-order valence-electron chi connectivity index (χ2n) is 5.30. The smallest absolute Gasteiger partial charge is 0.151 e. The minimum absolute atomic E-state index is 0.0740. The Morgan fingerprint density at radius 1 is 1.47 bits per heavy atom. The van der Waals surface area contributed by atoms with Gasteiger partial charge in [-0.15, -0.1) is 0 Å². The molecule has 2 aliphatic rings. The lowest BCUT2D eigenvalue weighted by atomic mass is 9.77. The largest absolute Gasteiger partial charge is 0.344 e. The lowest BCUT2D eigenvalue weighted by Crippen LogP contribution is -2.44. The van der Waals surface area contributed by atoms with Crippen LogP contribution in [0, 0.1) is 0 Å². The lowest BCUT2D eigenvalue weighted by Gasteiger charge is -2.36. The quantitative estimate of drug-likeness (QED) is 0.812. The van der Waals surface area contributed by atoms with Gasteiger partial charge in [0.05, 0.1) is 17.0 Å². The number of hydrogen-bond donors (Lipinski definition) is 2. The average molecular weight is 255 g/mol. The number of nitrogens with zero attached hydrogens (tertiary/aromatic N) is 1. The van der Waals surface area contributed by atoms with Crippen LogP contribution in [0.4, 0.5) is 0 Å². The van der Waals surface area contributed by atoms with Gasteiger partial charge < -0.3 is 10.7 Å². The van der Waals surface area contributed by atoms with Gasteiger partial charge in [0.1, 0.15) is 5.82 Å². The number of nitrogens with one attached hydrogen (secondary N) is 1. The SMILES string of the molecule is NC1(c2ncc(C3CCS(=O)(=O)C3)[nH]2)CCC1. The first-order valence-electron chi connectivity index (χ1n) is 6.03. The Hall–Kier alpha value is -0.880. The van der Waals surface area contributed by atoms with Crippen LogP contribution in [-0.4, -0.2) is 29.9 Å². The summed E-state index contributed by atoms with van der Waals surface area (Å²) >= 11 is 0. The minimum Gasteiger partial charge on any atom is -0.344 e. The maximum Gasteiger partial charge on any atom is 0.151 e. The van der Waals surface area contributed by atoms with Gasteiger partial charge in [0.25, 0.3) is 0 Å². The van der Waals surface area contributed by atoms with Gasteiger partial charge in [0.15, 0.2) is 9.84 Å². The Morgan fingerprint density at radius 3 is 2.76 bits per heavy atom. The Labute approximate surface area is 101 Å². The van der Waals surface area contributed by atoms with Crippen molar-refractivity contribution in [1.82, 2.24) is 9.97 Å². The molecule has 5 nitrogen and oxygen atoms in total. The lowest BCUT2D eigenvalue weighted by molar-refractivity contribution is 0.239. The van der Waals surface area contributed by atoms with E-state index >= 15 is 0 Å². The van der Waals surface area contributed by atoms with Crippen molar-refractivity contribution in [2.75, 3.05) is 11.5 Å². The van der Waals surface area contributed by atoms with Crippen molar-refractivity contribution in [2.45, 2.75) is 37.1 Å². The van der Waals surface area contributed by atoms with Gasteiger partial charge in [-0.3, -0.25) is 0 Å². The van der Waals surface area contributed by atoms with Gasteiger partial charge in [-0.05, 0) is 25.7 Å². The van der Waals surface area contributed by atoms with Crippen LogP contribution in [0.1, 0.15) is 43.1 Å². The molecule has 1 atom stereocenters.